The lowest BCUT2D eigenvalue weighted by Gasteiger charge is -2.24. The lowest BCUT2D eigenvalue weighted by molar-refractivity contribution is 0.0276. The molecule has 5 rings (SSSR count). The number of nitrogens with zero attached hydrogens (tertiary/aromatic N) is 4. The van der Waals surface area contributed by atoms with E-state index in [1.165, 1.54) is 12.4 Å². The molecule has 1 saturated heterocycles. The third-order valence-corrected chi connectivity index (χ3v) is 6.03. The highest BCUT2D eigenvalue weighted by atomic mass is 19.1. The summed E-state index contributed by atoms with van der Waals surface area (Å²) in [6.45, 7) is 6.48. The molecule has 0 bridgehead atoms. The van der Waals surface area contributed by atoms with Gasteiger partial charge in [-0.05, 0) is 51.1 Å². The van der Waals surface area contributed by atoms with Crippen LogP contribution in [0.3, 0.4) is 0 Å². The molecule has 38 heavy (non-hydrogen) atoms. The number of hydrogen-bond acceptors (Lipinski definition) is 8. The Morgan fingerprint density at radius 1 is 1.13 bits per heavy atom. The van der Waals surface area contributed by atoms with Crippen molar-refractivity contribution in [2.75, 3.05) is 24.1 Å². The van der Waals surface area contributed by atoms with E-state index >= 15 is 0 Å². The number of nitrogens with one attached hydrogen (secondary N) is 1. The average molecular weight is 517 g/mol. The number of aromatic nitrogens is 3. The van der Waals surface area contributed by atoms with Crippen LogP contribution in [0.1, 0.15) is 27.2 Å². The van der Waals surface area contributed by atoms with Crippen molar-refractivity contribution in [2.24, 2.45) is 0 Å². The SMILES string of the molecule is CC(C)(C)OC(=O)N1CC[C@@H](Oc2cc3ncnc(Nc4ccnc(-c5ccccc5F)c4)c3cc2N)C1. The normalized spacial score (nSPS) is 15.5. The van der Waals surface area contributed by atoms with Gasteiger partial charge in [-0.15, -0.1) is 0 Å². The average Bonchev–Trinajstić information content (AvgIpc) is 3.33. The number of carbonyl (C=O) groups is 1. The van der Waals surface area contributed by atoms with Gasteiger partial charge in [-0.1, -0.05) is 12.1 Å². The van der Waals surface area contributed by atoms with E-state index in [0.29, 0.717) is 64.6 Å². The zero-order valence-corrected chi connectivity index (χ0v) is 21.4. The number of likely N-dealkylation sites (tertiary alicyclic amines) is 1. The summed E-state index contributed by atoms with van der Waals surface area (Å²) in [5.41, 5.74) is 8.45. The summed E-state index contributed by atoms with van der Waals surface area (Å²) >= 11 is 0. The largest absolute Gasteiger partial charge is 0.486 e. The van der Waals surface area contributed by atoms with Crippen molar-refractivity contribution in [1.29, 1.82) is 0 Å². The van der Waals surface area contributed by atoms with Gasteiger partial charge in [0.15, 0.2) is 0 Å². The molecule has 3 N–H and O–H groups in total. The summed E-state index contributed by atoms with van der Waals surface area (Å²) in [6.07, 6.45) is 3.15. The van der Waals surface area contributed by atoms with Gasteiger partial charge in [0, 0.05) is 41.9 Å². The quantitative estimate of drug-likeness (QED) is 0.332. The van der Waals surface area contributed by atoms with Crippen molar-refractivity contribution >= 4 is 34.2 Å². The minimum Gasteiger partial charge on any atom is -0.486 e. The van der Waals surface area contributed by atoms with Crippen LogP contribution in [0.5, 0.6) is 5.75 Å². The van der Waals surface area contributed by atoms with Crippen LogP contribution in [0, 0.1) is 5.82 Å². The van der Waals surface area contributed by atoms with Gasteiger partial charge in [0.2, 0.25) is 0 Å². The number of nitrogens with two attached hydrogens (primary N) is 1. The summed E-state index contributed by atoms with van der Waals surface area (Å²) in [6, 6.07) is 13.5. The minimum absolute atomic E-state index is 0.213. The number of benzene rings is 2. The molecule has 3 heterocycles. The first-order valence-electron chi connectivity index (χ1n) is 12.3. The lowest BCUT2D eigenvalue weighted by atomic mass is 10.1. The lowest BCUT2D eigenvalue weighted by Crippen LogP contribution is -2.36. The fourth-order valence-corrected chi connectivity index (χ4v) is 4.26. The number of halogens is 1. The molecule has 2 aromatic carbocycles. The standard InChI is InChI=1S/C28H29FN6O3/c1-28(2,3)38-27(36)35-11-9-18(15-35)37-25-14-24-20(13-22(25)30)26(33-16-32-24)34-17-8-10-31-23(12-17)19-6-4-5-7-21(19)29/h4-8,10,12-14,16,18H,9,11,15,30H2,1-3H3,(H,31,32,33,34)/t18-/m1/s1. The van der Waals surface area contributed by atoms with Crippen LogP contribution in [-0.4, -0.2) is 50.7 Å². The first-order chi connectivity index (χ1) is 18.2. The zero-order valence-electron chi connectivity index (χ0n) is 21.4. The monoisotopic (exact) mass is 516 g/mol. The Kier molecular flexibility index (Phi) is 6.71. The zero-order chi connectivity index (χ0) is 26.9. The molecule has 0 saturated carbocycles. The molecule has 10 heteroatoms. The number of nitrogen functional groups attached to an aromatic ring is 1. The van der Waals surface area contributed by atoms with Crippen molar-refractivity contribution in [3.8, 4) is 17.0 Å². The van der Waals surface area contributed by atoms with Gasteiger partial charge in [0.25, 0.3) is 0 Å². The number of fused-ring (bicyclic) bond motifs is 1. The molecule has 1 atom stereocenters. The second-order valence-corrected chi connectivity index (χ2v) is 10.1. The predicted octanol–water partition coefficient (Wildman–Crippen LogP) is 5.54. The van der Waals surface area contributed by atoms with Gasteiger partial charge < -0.3 is 25.4 Å². The van der Waals surface area contributed by atoms with Crippen molar-refractivity contribution in [3.63, 3.8) is 0 Å². The van der Waals surface area contributed by atoms with Crippen LogP contribution in [0.25, 0.3) is 22.2 Å². The first-order valence-corrected chi connectivity index (χ1v) is 12.3. The molecule has 0 spiro atoms. The summed E-state index contributed by atoms with van der Waals surface area (Å²) in [7, 11) is 0. The molecule has 1 amide bonds. The van der Waals surface area contributed by atoms with Crippen LogP contribution in [0.4, 0.5) is 26.4 Å². The summed E-state index contributed by atoms with van der Waals surface area (Å²) in [5.74, 6) is 0.682. The highest BCUT2D eigenvalue weighted by Gasteiger charge is 2.31. The predicted molar refractivity (Wildman–Crippen MR) is 144 cm³/mol. The molecular weight excluding hydrogens is 487 g/mol. The molecule has 9 nitrogen and oxygen atoms in total. The van der Waals surface area contributed by atoms with E-state index in [1.54, 1.807) is 53.6 Å². The molecule has 1 aliphatic heterocycles. The van der Waals surface area contributed by atoms with E-state index in [4.69, 9.17) is 15.2 Å². The molecule has 0 radical (unpaired) electrons. The van der Waals surface area contributed by atoms with Crippen molar-refractivity contribution < 1.29 is 18.7 Å². The summed E-state index contributed by atoms with van der Waals surface area (Å²) in [4.78, 5) is 27.1. The number of pyridine rings is 1. The van der Waals surface area contributed by atoms with Gasteiger partial charge in [0.05, 0.1) is 23.4 Å². The first kappa shape index (κ1) is 25.2. The number of hydrogen-bond donors (Lipinski definition) is 2. The summed E-state index contributed by atoms with van der Waals surface area (Å²) in [5, 5.41) is 3.96. The van der Waals surface area contributed by atoms with Gasteiger partial charge in [-0.2, -0.15) is 0 Å². The second-order valence-electron chi connectivity index (χ2n) is 10.1. The smallest absolute Gasteiger partial charge is 0.410 e. The topological polar surface area (TPSA) is 115 Å². The van der Waals surface area contributed by atoms with E-state index in [1.807, 2.05) is 20.8 Å². The Labute approximate surface area is 219 Å². The van der Waals surface area contributed by atoms with Crippen molar-refractivity contribution in [1.82, 2.24) is 19.9 Å². The number of carbonyl (C=O) groups excluding carboxylic acids is 1. The van der Waals surface area contributed by atoms with E-state index in [-0.39, 0.29) is 18.0 Å². The molecule has 2 aromatic heterocycles. The molecule has 0 aliphatic carbocycles. The molecule has 0 unspecified atom stereocenters. The maximum Gasteiger partial charge on any atom is 0.410 e. The van der Waals surface area contributed by atoms with Crippen molar-refractivity contribution in [3.05, 3.63) is 66.9 Å². The summed E-state index contributed by atoms with van der Waals surface area (Å²) < 4.78 is 25.9. The van der Waals surface area contributed by atoms with Crippen LogP contribution in [0.2, 0.25) is 0 Å². The van der Waals surface area contributed by atoms with Gasteiger partial charge >= 0.3 is 6.09 Å². The Morgan fingerprint density at radius 3 is 2.74 bits per heavy atom. The number of amides is 1. The Hall–Kier alpha value is -4.47. The third-order valence-electron chi connectivity index (χ3n) is 6.03. The van der Waals surface area contributed by atoms with E-state index in [2.05, 4.69) is 20.3 Å². The number of ether oxygens (including phenoxy) is 2. The van der Waals surface area contributed by atoms with E-state index < -0.39 is 5.60 Å². The Balaban J connectivity index is 1.34. The fourth-order valence-electron chi connectivity index (χ4n) is 4.26. The van der Waals surface area contributed by atoms with Crippen LogP contribution in [0.15, 0.2) is 61.1 Å². The maximum atomic E-state index is 14.3. The molecular formula is C28H29FN6O3. The van der Waals surface area contributed by atoms with Crippen LogP contribution >= 0.6 is 0 Å². The maximum absolute atomic E-state index is 14.3. The Bertz CT molecular complexity index is 1490. The van der Waals surface area contributed by atoms with E-state index in [0.717, 1.165) is 0 Å². The second kappa shape index (κ2) is 10.1. The Morgan fingerprint density at radius 2 is 1.95 bits per heavy atom. The van der Waals surface area contributed by atoms with Gasteiger partial charge in [0.1, 0.15) is 35.4 Å². The fraction of sp³-hybridized carbons (Fsp3) is 0.286. The number of rotatable bonds is 5. The van der Waals surface area contributed by atoms with Gasteiger partial charge in [-0.3, -0.25) is 4.98 Å². The highest BCUT2D eigenvalue weighted by molar-refractivity contribution is 5.94. The molecule has 1 aliphatic rings. The molecule has 1 fully saturated rings. The van der Waals surface area contributed by atoms with Crippen LogP contribution in [-0.2, 0) is 4.74 Å². The van der Waals surface area contributed by atoms with Crippen LogP contribution < -0.4 is 15.8 Å². The molecule has 4 aromatic rings. The third kappa shape index (κ3) is 5.59. The van der Waals surface area contributed by atoms with E-state index in [9.17, 15) is 9.18 Å². The van der Waals surface area contributed by atoms with Gasteiger partial charge in [-0.25, -0.2) is 19.2 Å². The highest BCUT2D eigenvalue weighted by Crippen LogP contribution is 2.33. The number of anilines is 3. The van der Waals surface area contributed by atoms with Crippen molar-refractivity contribution in [2.45, 2.75) is 38.9 Å². The minimum atomic E-state index is -0.556. The molecule has 196 valence electrons.